The van der Waals surface area contributed by atoms with Crippen LogP contribution in [0, 0.1) is 0 Å². The molecular weight excluding hydrogens is 314 g/mol. The van der Waals surface area contributed by atoms with E-state index >= 15 is 0 Å². The van der Waals surface area contributed by atoms with Crippen molar-refractivity contribution in [3.8, 4) is 0 Å². The Kier molecular flexibility index (Phi) is 6.10. The fraction of sp³-hybridized carbons (Fsp3) is 0.562. The van der Waals surface area contributed by atoms with Crippen LogP contribution in [0.4, 0.5) is 4.79 Å². The van der Waals surface area contributed by atoms with Gasteiger partial charge >= 0.3 is 6.09 Å². The standard InChI is InChI=1S/C16H23N3O5/c1-16(2,3)24-15(21)19-8-13(9-19)22-11-14(20)18-23-10-12-5-4-6-17-7-12/h4-7,13H,8-11H2,1-3H3,(H,18,20). The fourth-order valence-corrected chi connectivity index (χ4v) is 1.93. The van der Waals surface area contributed by atoms with E-state index in [1.54, 1.807) is 18.5 Å². The van der Waals surface area contributed by atoms with Crippen LogP contribution in [0.25, 0.3) is 0 Å². The van der Waals surface area contributed by atoms with Gasteiger partial charge in [0.15, 0.2) is 0 Å². The summed E-state index contributed by atoms with van der Waals surface area (Å²) in [5.41, 5.74) is 2.64. The zero-order valence-corrected chi connectivity index (χ0v) is 14.2. The van der Waals surface area contributed by atoms with Gasteiger partial charge in [-0.2, -0.15) is 0 Å². The van der Waals surface area contributed by atoms with Gasteiger partial charge in [0.2, 0.25) is 0 Å². The Morgan fingerprint density at radius 1 is 1.38 bits per heavy atom. The molecule has 24 heavy (non-hydrogen) atoms. The van der Waals surface area contributed by atoms with Crippen LogP contribution in [-0.2, 0) is 25.7 Å². The summed E-state index contributed by atoms with van der Waals surface area (Å²) in [7, 11) is 0. The number of rotatable bonds is 6. The van der Waals surface area contributed by atoms with Gasteiger partial charge in [0.1, 0.15) is 18.8 Å². The summed E-state index contributed by atoms with van der Waals surface area (Å²) >= 11 is 0. The van der Waals surface area contributed by atoms with E-state index in [0.717, 1.165) is 5.56 Å². The van der Waals surface area contributed by atoms with E-state index < -0.39 is 5.60 Å². The lowest BCUT2D eigenvalue weighted by Crippen LogP contribution is -2.56. The maximum Gasteiger partial charge on any atom is 0.410 e. The molecule has 0 saturated carbocycles. The van der Waals surface area contributed by atoms with Crippen molar-refractivity contribution in [2.45, 2.75) is 39.1 Å². The second-order valence-corrected chi connectivity index (χ2v) is 6.49. The highest BCUT2D eigenvalue weighted by Gasteiger charge is 2.34. The van der Waals surface area contributed by atoms with Crippen molar-refractivity contribution in [3.63, 3.8) is 0 Å². The molecule has 1 saturated heterocycles. The molecule has 1 aliphatic rings. The smallest absolute Gasteiger partial charge is 0.410 e. The van der Waals surface area contributed by atoms with Crippen LogP contribution in [0.3, 0.4) is 0 Å². The Hall–Kier alpha value is -2.19. The highest BCUT2D eigenvalue weighted by atomic mass is 16.7. The second-order valence-electron chi connectivity index (χ2n) is 6.49. The maximum atomic E-state index is 11.7. The Morgan fingerprint density at radius 3 is 2.75 bits per heavy atom. The molecule has 0 aliphatic carbocycles. The van der Waals surface area contributed by atoms with Crippen molar-refractivity contribution in [2.75, 3.05) is 19.7 Å². The van der Waals surface area contributed by atoms with Crippen LogP contribution in [0.2, 0.25) is 0 Å². The number of nitrogens with zero attached hydrogens (tertiary/aromatic N) is 2. The topological polar surface area (TPSA) is 90.0 Å². The van der Waals surface area contributed by atoms with Crippen molar-refractivity contribution in [2.24, 2.45) is 0 Å². The minimum atomic E-state index is -0.519. The minimum Gasteiger partial charge on any atom is -0.444 e. The van der Waals surface area contributed by atoms with Crippen LogP contribution in [0.15, 0.2) is 24.5 Å². The number of likely N-dealkylation sites (tertiary alicyclic amines) is 1. The molecule has 132 valence electrons. The van der Waals surface area contributed by atoms with E-state index in [0.29, 0.717) is 13.1 Å². The zero-order chi connectivity index (χ0) is 17.6. The molecule has 2 amide bonds. The van der Waals surface area contributed by atoms with Crippen LogP contribution in [0.1, 0.15) is 26.3 Å². The van der Waals surface area contributed by atoms with E-state index in [1.165, 1.54) is 4.90 Å². The van der Waals surface area contributed by atoms with E-state index in [9.17, 15) is 9.59 Å². The molecule has 0 spiro atoms. The van der Waals surface area contributed by atoms with Crippen LogP contribution in [0.5, 0.6) is 0 Å². The number of ether oxygens (including phenoxy) is 2. The van der Waals surface area contributed by atoms with Crippen molar-refractivity contribution in [3.05, 3.63) is 30.1 Å². The zero-order valence-electron chi connectivity index (χ0n) is 14.2. The van der Waals surface area contributed by atoms with Crippen molar-refractivity contribution in [1.82, 2.24) is 15.4 Å². The number of pyridine rings is 1. The second kappa shape index (κ2) is 8.07. The third kappa shape index (κ3) is 6.13. The van der Waals surface area contributed by atoms with Crippen molar-refractivity contribution < 1.29 is 23.9 Å². The number of nitrogens with one attached hydrogen (secondary N) is 1. The normalized spacial score (nSPS) is 14.9. The summed E-state index contributed by atoms with van der Waals surface area (Å²) in [6.07, 6.45) is 2.78. The monoisotopic (exact) mass is 337 g/mol. The predicted molar refractivity (Wildman–Crippen MR) is 84.7 cm³/mol. The van der Waals surface area contributed by atoms with Gasteiger partial charge in [0.25, 0.3) is 5.91 Å². The SMILES string of the molecule is CC(C)(C)OC(=O)N1CC(OCC(=O)NOCc2cccnc2)C1. The van der Waals surface area contributed by atoms with Gasteiger partial charge in [-0.25, -0.2) is 10.3 Å². The molecule has 1 aliphatic heterocycles. The van der Waals surface area contributed by atoms with Crippen molar-refractivity contribution in [1.29, 1.82) is 0 Å². The number of amides is 2. The summed E-state index contributed by atoms with van der Waals surface area (Å²) in [5, 5.41) is 0. The number of hydrogen-bond acceptors (Lipinski definition) is 6. The maximum absolute atomic E-state index is 11.7. The van der Waals surface area contributed by atoms with Gasteiger partial charge in [0, 0.05) is 12.4 Å². The average Bonchev–Trinajstić information content (AvgIpc) is 2.44. The Balaban J connectivity index is 1.55. The summed E-state index contributed by atoms with van der Waals surface area (Å²) in [6.45, 7) is 6.38. The Bertz CT molecular complexity index is 553. The molecule has 8 heteroatoms. The van der Waals surface area contributed by atoms with Crippen LogP contribution >= 0.6 is 0 Å². The molecule has 1 aromatic rings. The summed E-state index contributed by atoms with van der Waals surface area (Å²) in [6, 6.07) is 3.63. The first-order chi connectivity index (χ1) is 11.3. The summed E-state index contributed by atoms with van der Waals surface area (Å²) in [4.78, 5) is 33.9. The quantitative estimate of drug-likeness (QED) is 0.786. The first-order valence-corrected chi connectivity index (χ1v) is 7.72. The summed E-state index contributed by atoms with van der Waals surface area (Å²) < 4.78 is 10.6. The largest absolute Gasteiger partial charge is 0.444 e. The lowest BCUT2D eigenvalue weighted by molar-refractivity contribution is -0.144. The molecular formula is C16H23N3O5. The molecule has 0 radical (unpaired) electrons. The van der Waals surface area contributed by atoms with Gasteiger partial charge in [-0.05, 0) is 32.4 Å². The van der Waals surface area contributed by atoms with Gasteiger partial charge in [-0.1, -0.05) is 6.07 Å². The molecule has 8 nitrogen and oxygen atoms in total. The van der Waals surface area contributed by atoms with Crippen molar-refractivity contribution >= 4 is 12.0 Å². The first kappa shape index (κ1) is 18.2. The van der Waals surface area contributed by atoms with Gasteiger partial charge in [-0.15, -0.1) is 0 Å². The highest BCUT2D eigenvalue weighted by Crippen LogP contribution is 2.16. The number of hydrogen-bond donors (Lipinski definition) is 1. The van der Waals surface area contributed by atoms with Gasteiger partial charge in [-0.3, -0.25) is 14.6 Å². The molecule has 0 unspecified atom stereocenters. The summed E-state index contributed by atoms with van der Waals surface area (Å²) in [5.74, 6) is -0.380. The lowest BCUT2D eigenvalue weighted by Gasteiger charge is -2.39. The van der Waals surface area contributed by atoms with Gasteiger partial charge < -0.3 is 14.4 Å². The predicted octanol–water partition coefficient (Wildman–Crippen LogP) is 1.27. The first-order valence-electron chi connectivity index (χ1n) is 7.72. The molecule has 1 N–H and O–H groups in total. The Labute approximate surface area is 141 Å². The molecule has 0 bridgehead atoms. The average molecular weight is 337 g/mol. The number of hydroxylamine groups is 1. The molecule has 0 atom stereocenters. The van der Waals surface area contributed by atoms with E-state index in [2.05, 4.69) is 10.5 Å². The number of carbonyl (C=O) groups excluding carboxylic acids is 2. The highest BCUT2D eigenvalue weighted by molar-refractivity contribution is 5.76. The third-order valence-corrected chi connectivity index (χ3v) is 3.10. The fourth-order valence-electron chi connectivity index (χ4n) is 1.93. The molecule has 2 heterocycles. The number of aromatic nitrogens is 1. The molecule has 1 fully saturated rings. The van der Waals surface area contributed by atoms with E-state index in [-0.39, 0.29) is 31.3 Å². The number of carbonyl (C=O) groups is 2. The third-order valence-electron chi connectivity index (χ3n) is 3.10. The molecule has 2 rings (SSSR count). The minimum absolute atomic E-state index is 0.125. The van der Waals surface area contributed by atoms with Crippen LogP contribution < -0.4 is 5.48 Å². The van der Waals surface area contributed by atoms with Crippen LogP contribution in [-0.4, -0.2) is 53.3 Å². The van der Waals surface area contributed by atoms with E-state index in [1.807, 2.05) is 26.8 Å². The molecule has 0 aromatic carbocycles. The molecule has 1 aromatic heterocycles. The Morgan fingerprint density at radius 2 is 2.12 bits per heavy atom. The van der Waals surface area contributed by atoms with E-state index in [4.69, 9.17) is 14.3 Å². The van der Waals surface area contributed by atoms with Gasteiger partial charge in [0.05, 0.1) is 19.2 Å². The lowest BCUT2D eigenvalue weighted by atomic mass is 10.2.